The number of ether oxygens (including phenoxy) is 1. The van der Waals surface area contributed by atoms with Gasteiger partial charge in [0.05, 0.1) is 12.0 Å². The molecule has 0 aromatic carbocycles. The third-order valence-corrected chi connectivity index (χ3v) is 2.45. The number of amides is 1. The highest BCUT2D eigenvalue weighted by atomic mass is 16.6. The lowest BCUT2D eigenvalue weighted by Crippen LogP contribution is -2.44. The van der Waals surface area contributed by atoms with Crippen LogP contribution < -0.4 is 5.32 Å². The highest BCUT2D eigenvalue weighted by Crippen LogP contribution is 2.17. The number of carbonyl (C=O) groups excluding carboxylic acids is 1. The van der Waals surface area contributed by atoms with Crippen LogP contribution in [0.4, 0.5) is 4.79 Å². The van der Waals surface area contributed by atoms with E-state index in [0.717, 1.165) is 0 Å². The highest BCUT2D eigenvalue weighted by molar-refractivity contribution is 5.80. The Morgan fingerprint density at radius 1 is 1.37 bits per heavy atom. The van der Waals surface area contributed by atoms with E-state index < -0.39 is 29.6 Å². The number of nitrogens with one attached hydrogen (secondary N) is 1. The average Bonchev–Trinajstić information content (AvgIpc) is 2.20. The molecule has 0 bridgehead atoms. The van der Waals surface area contributed by atoms with Crippen molar-refractivity contribution >= 4 is 12.1 Å². The van der Waals surface area contributed by atoms with E-state index in [1.165, 1.54) is 0 Å². The summed E-state index contributed by atoms with van der Waals surface area (Å²) in [7, 11) is 0. The molecule has 0 saturated heterocycles. The summed E-state index contributed by atoms with van der Waals surface area (Å²) in [5.74, 6) is -1.59. The molecule has 0 rings (SSSR count). The second kappa shape index (κ2) is 6.98. The molecule has 6 nitrogen and oxygen atoms in total. The minimum Gasteiger partial charge on any atom is -0.480 e. The minimum atomic E-state index is -1.17. The molecule has 0 fully saturated rings. The number of alkyl carbamates (subject to hydrolysis) is 1. The van der Waals surface area contributed by atoms with Gasteiger partial charge in [0.1, 0.15) is 11.6 Å². The van der Waals surface area contributed by atoms with Gasteiger partial charge >= 0.3 is 12.1 Å². The van der Waals surface area contributed by atoms with Crippen LogP contribution >= 0.6 is 0 Å². The van der Waals surface area contributed by atoms with Crippen molar-refractivity contribution in [1.82, 2.24) is 5.32 Å². The molecule has 6 heteroatoms. The molecule has 1 amide bonds. The maximum absolute atomic E-state index is 11.5. The Labute approximate surface area is 113 Å². The molecule has 0 aliphatic carbocycles. The van der Waals surface area contributed by atoms with Gasteiger partial charge in [-0.3, -0.25) is 0 Å². The van der Waals surface area contributed by atoms with E-state index in [-0.39, 0.29) is 12.3 Å². The van der Waals surface area contributed by atoms with Crippen molar-refractivity contribution in [1.29, 1.82) is 5.26 Å². The molecule has 2 unspecified atom stereocenters. The second-order valence-corrected chi connectivity index (χ2v) is 5.75. The maximum Gasteiger partial charge on any atom is 0.408 e. The molecule has 2 N–H and O–H groups in total. The van der Waals surface area contributed by atoms with E-state index in [4.69, 9.17) is 15.1 Å². The van der Waals surface area contributed by atoms with Crippen LogP contribution in [0.5, 0.6) is 0 Å². The number of aliphatic carboxylic acids is 1. The van der Waals surface area contributed by atoms with Gasteiger partial charge in [0, 0.05) is 0 Å². The van der Waals surface area contributed by atoms with Gasteiger partial charge in [0.15, 0.2) is 0 Å². The fourth-order valence-electron chi connectivity index (χ4n) is 1.40. The van der Waals surface area contributed by atoms with Crippen molar-refractivity contribution in [2.75, 3.05) is 0 Å². The van der Waals surface area contributed by atoms with Crippen LogP contribution in [0.2, 0.25) is 0 Å². The van der Waals surface area contributed by atoms with Crippen LogP contribution in [0.15, 0.2) is 0 Å². The minimum absolute atomic E-state index is 0.0206. The van der Waals surface area contributed by atoms with Gasteiger partial charge in [-0.05, 0) is 33.1 Å². The normalized spacial score (nSPS) is 14.4. The van der Waals surface area contributed by atoms with Gasteiger partial charge in [0.25, 0.3) is 0 Å². The smallest absolute Gasteiger partial charge is 0.408 e. The van der Waals surface area contributed by atoms with Gasteiger partial charge in [-0.15, -0.1) is 0 Å². The van der Waals surface area contributed by atoms with E-state index in [9.17, 15) is 9.59 Å². The summed E-state index contributed by atoms with van der Waals surface area (Å²) in [6.45, 7) is 8.73. The standard InChI is InChI=1S/C13H22N2O4/c1-8(2)9(7-14)6-10(11(16)17)15-12(18)19-13(3,4)5/h8-10H,6H2,1-5H3,(H,15,18)(H,16,17). The van der Waals surface area contributed by atoms with Crippen LogP contribution in [-0.4, -0.2) is 28.8 Å². The molecule has 0 heterocycles. The second-order valence-electron chi connectivity index (χ2n) is 5.75. The fraction of sp³-hybridized carbons (Fsp3) is 0.769. The molecule has 19 heavy (non-hydrogen) atoms. The van der Waals surface area contributed by atoms with Gasteiger partial charge in [0.2, 0.25) is 0 Å². The van der Waals surface area contributed by atoms with Crippen molar-refractivity contribution in [2.24, 2.45) is 11.8 Å². The summed E-state index contributed by atoms with van der Waals surface area (Å²) < 4.78 is 5.00. The first kappa shape index (κ1) is 17.2. The van der Waals surface area contributed by atoms with Gasteiger partial charge in [-0.2, -0.15) is 5.26 Å². The first-order chi connectivity index (χ1) is 8.56. The van der Waals surface area contributed by atoms with Crippen LogP contribution in [0.3, 0.4) is 0 Å². The summed E-state index contributed by atoms with van der Waals surface area (Å²) in [5, 5.41) is 20.3. The van der Waals surface area contributed by atoms with E-state index in [2.05, 4.69) is 11.4 Å². The number of rotatable bonds is 5. The summed E-state index contributed by atoms with van der Waals surface area (Å²) in [4.78, 5) is 22.6. The lowest BCUT2D eigenvalue weighted by molar-refractivity contribution is -0.139. The number of carbonyl (C=O) groups is 2. The molecule has 0 aliphatic rings. The molecule has 108 valence electrons. The Balaban J connectivity index is 4.64. The Kier molecular flexibility index (Phi) is 6.33. The van der Waals surface area contributed by atoms with Crippen molar-refractivity contribution in [3.63, 3.8) is 0 Å². The third kappa shape index (κ3) is 7.29. The molecule has 0 radical (unpaired) electrons. The van der Waals surface area contributed by atoms with Crippen molar-refractivity contribution in [3.8, 4) is 6.07 Å². The summed E-state index contributed by atoms with van der Waals surface area (Å²) in [6.07, 6.45) is -0.733. The average molecular weight is 270 g/mol. The number of carboxylic acids is 1. The Morgan fingerprint density at radius 2 is 1.89 bits per heavy atom. The third-order valence-electron chi connectivity index (χ3n) is 2.45. The molecule has 0 spiro atoms. The molecule has 2 atom stereocenters. The van der Waals surface area contributed by atoms with Crippen molar-refractivity contribution in [2.45, 2.75) is 52.7 Å². The van der Waals surface area contributed by atoms with Crippen molar-refractivity contribution < 1.29 is 19.4 Å². The van der Waals surface area contributed by atoms with Gasteiger partial charge in [-0.25, -0.2) is 9.59 Å². The molecule has 0 aromatic heterocycles. The van der Waals surface area contributed by atoms with Gasteiger partial charge < -0.3 is 15.2 Å². The van der Waals surface area contributed by atoms with Crippen LogP contribution in [0, 0.1) is 23.2 Å². The Bertz CT molecular complexity index is 366. The zero-order chi connectivity index (χ0) is 15.2. The maximum atomic E-state index is 11.5. The Hall–Kier alpha value is -1.77. The quantitative estimate of drug-likeness (QED) is 0.797. The number of nitrogens with zero attached hydrogens (tertiary/aromatic N) is 1. The first-order valence-electron chi connectivity index (χ1n) is 6.18. The predicted octanol–water partition coefficient (Wildman–Crippen LogP) is 2.15. The predicted molar refractivity (Wildman–Crippen MR) is 69.4 cm³/mol. The van der Waals surface area contributed by atoms with E-state index >= 15 is 0 Å². The number of hydrogen-bond donors (Lipinski definition) is 2. The summed E-state index contributed by atoms with van der Waals surface area (Å²) in [5.41, 5.74) is -0.695. The molecular weight excluding hydrogens is 248 g/mol. The number of carboxylic acid groups (broad SMARTS) is 1. The SMILES string of the molecule is CC(C)C(C#N)CC(NC(=O)OC(C)(C)C)C(=O)O. The van der Waals surface area contributed by atoms with E-state index in [1.807, 2.05) is 13.8 Å². The molecule has 0 aromatic rings. The van der Waals surface area contributed by atoms with Gasteiger partial charge in [-0.1, -0.05) is 13.8 Å². The summed E-state index contributed by atoms with van der Waals surface area (Å²) >= 11 is 0. The molecule has 0 saturated carbocycles. The summed E-state index contributed by atoms with van der Waals surface area (Å²) in [6, 6.07) is 0.930. The van der Waals surface area contributed by atoms with Crippen LogP contribution in [0.25, 0.3) is 0 Å². The lowest BCUT2D eigenvalue weighted by Gasteiger charge is -2.23. The van der Waals surface area contributed by atoms with Crippen LogP contribution in [-0.2, 0) is 9.53 Å². The van der Waals surface area contributed by atoms with Crippen LogP contribution in [0.1, 0.15) is 41.0 Å². The zero-order valence-electron chi connectivity index (χ0n) is 12.1. The zero-order valence-corrected chi connectivity index (χ0v) is 12.1. The highest BCUT2D eigenvalue weighted by Gasteiger charge is 2.27. The van der Waals surface area contributed by atoms with Crippen molar-refractivity contribution in [3.05, 3.63) is 0 Å². The molecular formula is C13H22N2O4. The Morgan fingerprint density at radius 3 is 2.21 bits per heavy atom. The molecule has 0 aliphatic heterocycles. The largest absolute Gasteiger partial charge is 0.480 e. The first-order valence-corrected chi connectivity index (χ1v) is 6.18. The monoisotopic (exact) mass is 270 g/mol. The van der Waals surface area contributed by atoms with E-state index in [1.54, 1.807) is 20.8 Å². The van der Waals surface area contributed by atoms with E-state index in [0.29, 0.717) is 0 Å². The lowest BCUT2D eigenvalue weighted by atomic mass is 9.90. The topological polar surface area (TPSA) is 99.4 Å². The number of nitriles is 1. The fourth-order valence-corrected chi connectivity index (χ4v) is 1.40. The number of hydrogen-bond acceptors (Lipinski definition) is 4.